The minimum atomic E-state index is -1.11. The Morgan fingerprint density at radius 2 is 2.05 bits per heavy atom. The summed E-state index contributed by atoms with van der Waals surface area (Å²) in [5, 5.41) is 8.74. The van der Waals surface area contributed by atoms with Gasteiger partial charge in [-0.1, -0.05) is 18.2 Å². The number of aliphatic carboxylic acids is 1. The van der Waals surface area contributed by atoms with Crippen LogP contribution in [0.3, 0.4) is 0 Å². The topological polar surface area (TPSA) is 66.8 Å². The Morgan fingerprint density at radius 1 is 1.37 bits per heavy atom. The van der Waals surface area contributed by atoms with Crippen LogP contribution in [0.4, 0.5) is 4.39 Å². The molecule has 1 aromatic carbocycles. The molecule has 0 aliphatic heterocycles. The zero-order valence-corrected chi connectivity index (χ0v) is 10.6. The summed E-state index contributed by atoms with van der Waals surface area (Å²) in [6.45, 7) is -0.0248. The van der Waals surface area contributed by atoms with Gasteiger partial charge in [0.15, 0.2) is 0 Å². The molecule has 1 amide bonds. The number of methoxy groups -OCH3 is 1. The van der Waals surface area contributed by atoms with E-state index in [2.05, 4.69) is 0 Å². The Bertz CT molecular complexity index is 450. The van der Waals surface area contributed by atoms with Gasteiger partial charge in [0.05, 0.1) is 13.0 Å². The SMILES string of the molecule is COCCN(CC(=O)O)C(=O)Cc1ccccc1F. The van der Waals surface area contributed by atoms with E-state index in [0.717, 1.165) is 4.90 Å². The van der Waals surface area contributed by atoms with Crippen LogP contribution in [0.15, 0.2) is 24.3 Å². The summed E-state index contributed by atoms with van der Waals surface area (Å²) in [5.41, 5.74) is 0.250. The second-order valence-corrected chi connectivity index (χ2v) is 3.97. The van der Waals surface area contributed by atoms with Crippen molar-refractivity contribution < 1.29 is 23.8 Å². The normalized spacial score (nSPS) is 10.2. The largest absolute Gasteiger partial charge is 0.480 e. The second kappa shape index (κ2) is 7.48. The number of amides is 1. The van der Waals surface area contributed by atoms with Gasteiger partial charge in [0.2, 0.25) is 5.91 Å². The van der Waals surface area contributed by atoms with Crippen LogP contribution in [0.1, 0.15) is 5.56 Å². The third kappa shape index (κ3) is 5.05. The minimum absolute atomic E-state index is 0.163. The lowest BCUT2D eigenvalue weighted by Crippen LogP contribution is -2.39. The highest BCUT2D eigenvalue weighted by Crippen LogP contribution is 2.08. The average molecular weight is 269 g/mol. The second-order valence-electron chi connectivity index (χ2n) is 3.97. The Morgan fingerprint density at radius 3 is 2.63 bits per heavy atom. The lowest BCUT2D eigenvalue weighted by atomic mass is 10.1. The molecule has 5 nitrogen and oxygen atoms in total. The fourth-order valence-corrected chi connectivity index (χ4v) is 1.57. The number of halogens is 1. The number of rotatable bonds is 7. The van der Waals surface area contributed by atoms with Crippen molar-refractivity contribution in [1.82, 2.24) is 4.90 Å². The number of carboxylic acid groups (broad SMARTS) is 1. The molecule has 1 rings (SSSR count). The first kappa shape index (κ1) is 15.1. The van der Waals surface area contributed by atoms with E-state index in [0.29, 0.717) is 0 Å². The van der Waals surface area contributed by atoms with E-state index in [4.69, 9.17) is 9.84 Å². The molecule has 0 aliphatic carbocycles. The van der Waals surface area contributed by atoms with Crippen LogP contribution in [0.25, 0.3) is 0 Å². The summed E-state index contributed by atoms with van der Waals surface area (Å²) in [6, 6.07) is 5.92. The van der Waals surface area contributed by atoms with Gasteiger partial charge in [0.1, 0.15) is 12.4 Å². The lowest BCUT2D eigenvalue weighted by Gasteiger charge is -2.20. The first-order chi connectivity index (χ1) is 9.04. The highest BCUT2D eigenvalue weighted by atomic mass is 19.1. The van der Waals surface area contributed by atoms with Crippen LogP contribution < -0.4 is 0 Å². The van der Waals surface area contributed by atoms with E-state index in [9.17, 15) is 14.0 Å². The molecule has 0 aromatic heterocycles. The molecule has 0 unspecified atom stereocenters. The van der Waals surface area contributed by atoms with Crippen molar-refractivity contribution in [2.24, 2.45) is 0 Å². The monoisotopic (exact) mass is 269 g/mol. The van der Waals surface area contributed by atoms with Gasteiger partial charge in [-0.05, 0) is 11.6 Å². The first-order valence-corrected chi connectivity index (χ1v) is 5.76. The van der Waals surface area contributed by atoms with Crippen LogP contribution in [-0.4, -0.2) is 48.7 Å². The molecule has 0 fully saturated rings. The number of carbonyl (C=O) groups excluding carboxylic acids is 1. The zero-order valence-electron chi connectivity index (χ0n) is 10.6. The van der Waals surface area contributed by atoms with E-state index in [1.165, 1.54) is 25.3 Å². The summed E-state index contributed by atoms with van der Waals surface area (Å²) in [6.07, 6.45) is -0.163. The van der Waals surface area contributed by atoms with Crippen molar-refractivity contribution in [3.63, 3.8) is 0 Å². The van der Waals surface area contributed by atoms with Crippen LogP contribution in [0.5, 0.6) is 0 Å². The van der Waals surface area contributed by atoms with Crippen molar-refractivity contribution >= 4 is 11.9 Å². The number of hydrogen-bond donors (Lipinski definition) is 1. The summed E-state index contributed by atoms with van der Waals surface area (Å²) in [5.74, 6) is -2.03. The van der Waals surface area contributed by atoms with Gasteiger partial charge in [-0.25, -0.2) is 4.39 Å². The van der Waals surface area contributed by atoms with Gasteiger partial charge in [-0.2, -0.15) is 0 Å². The zero-order chi connectivity index (χ0) is 14.3. The molecule has 0 aliphatic rings. The van der Waals surface area contributed by atoms with Crippen molar-refractivity contribution in [3.8, 4) is 0 Å². The maximum atomic E-state index is 13.4. The fourth-order valence-electron chi connectivity index (χ4n) is 1.57. The van der Waals surface area contributed by atoms with Gasteiger partial charge < -0.3 is 14.7 Å². The van der Waals surface area contributed by atoms with Crippen molar-refractivity contribution in [2.75, 3.05) is 26.8 Å². The van der Waals surface area contributed by atoms with Crippen LogP contribution in [-0.2, 0) is 20.7 Å². The van der Waals surface area contributed by atoms with E-state index in [1.807, 2.05) is 0 Å². The van der Waals surface area contributed by atoms with Crippen molar-refractivity contribution in [3.05, 3.63) is 35.6 Å². The molecular weight excluding hydrogens is 253 g/mol. The summed E-state index contributed by atoms with van der Waals surface area (Å²) in [7, 11) is 1.46. The first-order valence-electron chi connectivity index (χ1n) is 5.76. The number of carboxylic acids is 1. The number of carbonyl (C=O) groups is 2. The van der Waals surface area contributed by atoms with Crippen molar-refractivity contribution in [2.45, 2.75) is 6.42 Å². The minimum Gasteiger partial charge on any atom is -0.480 e. The molecule has 0 saturated carbocycles. The molecule has 6 heteroatoms. The Balaban J connectivity index is 2.70. The van der Waals surface area contributed by atoms with Gasteiger partial charge >= 0.3 is 5.97 Å². The third-order valence-corrected chi connectivity index (χ3v) is 2.54. The Kier molecular flexibility index (Phi) is 5.95. The van der Waals surface area contributed by atoms with E-state index >= 15 is 0 Å². The van der Waals surface area contributed by atoms with Crippen LogP contribution in [0, 0.1) is 5.82 Å². The molecule has 19 heavy (non-hydrogen) atoms. The molecule has 104 valence electrons. The predicted molar refractivity (Wildman–Crippen MR) is 66.2 cm³/mol. The van der Waals surface area contributed by atoms with E-state index in [1.54, 1.807) is 6.07 Å². The molecule has 0 atom stereocenters. The van der Waals surface area contributed by atoms with Crippen LogP contribution in [0.2, 0.25) is 0 Å². The van der Waals surface area contributed by atoms with Gasteiger partial charge in [0.25, 0.3) is 0 Å². The summed E-state index contributed by atoms with van der Waals surface area (Å²) < 4.78 is 18.2. The average Bonchev–Trinajstić information content (AvgIpc) is 2.36. The maximum Gasteiger partial charge on any atom is 0.323 e. The Labute approximate surface area is 110 Å². The Hall–Kier alpha value is -1.95. The molecule has 1 aromatic rings. The third-order valence-electron chi connectivity index (χ3n) is 2.54. The smallest absolute Gasteiger partial charge is 0.323 e. The van der Waals surface area contributed by atoms with Gasteiger partial charge in [0, 0.05) is 13.7 Å². The van der Waals surface area contributed by atoms with Gasteiger partial charge in [-0.3, -0.25) is 9.59 Å². The number of benzene rings is 1. The quantitative estimate of drug-likeness (QED) is 0.799. The maximum absolute atomic E-state index is 13.4. The summed E-state index contributed by atoms with van der Waals surface area (Å²) >= 11 is 0. The van der Waals surface area contributed by atoms with Crippen molar-refractivity contribution in [1.29, 1.82) is 0 Å². The highest BCUT2D eigenvalue weighted by Gasteiger charge is 2.18. The fraction of sp³-hybridized carbons (Fsp3) is 0.385. The number of ether oxygens (including phenoxy) is 1. The highest BCUT2D eigenvalue weighted by molar-refractivity contribution is 5.83. The molecule has 0 saturated heterocycles. The van der Waals surface area contributed by atoms with E-state index in [-0.39, 0.29) is 25.1 Å². The molecular formula is C13H16FNO4. The molecule has 0 spiro atoms. The summed E-state index contributed by atoms with van der Waals surface area (Å²) in [4.78, 5) is 23.8. The standard InChI is InChI=1S/C13H16FNO4/c1-19-7-6-15(9-13(17)18)12(16)8-10-4-2-3-5-11(10)14/h2-5H,6-9H2,1H3,(H,17,18). The molecule has 0 bridgehead atoms. The van der Waals surface area contributed by atoms with E-state index < -0.39 is 24.2 Å². The number of hydrogen-bond acceptors (Lipinski definition) is 3. The predicted octanol–water partition coefficient (Wildman–Crippen LogP) is 0.928. The van der Waals surface area contributed by atoms with Gasteiger partial charge in [-0.15, -0.1) is 0 Å². The molecule has 1 N–H and O–H groups in total. The number of nitrogens with zero attached hydrogens (tertiary/aromatic N) is 1. The molecule has 0 heterocycles. The lowest BCUT2D eigenvalue weighted by molar-refractivity contribution is -0.144. The molecule has 0 radical (unpaired) electrons. The van der Waals surface area contributed by atoms with Crippen LogP contribution >= 0.6 is 0 Å².